The van der Waals surface area contributed by atoms with Gasteiger partial charge in [-0.3, -0.25) is 9.48 Å². The summed E-state index contributed by atoms with van der Waals surface area (Å²) in [5, 5.41) is 11.7. The van der Waals surface area contributed by atoms with Crippen molar-refractivity contribution in [2.45, 2.75) is 11.8 Å². The summed E-state index contributed by atoms with van der Waals surface area (Å²) in [6.07, 6.45) is 0. The number of hydrogen-bond donors (Lipinski definition) is 2. The maximum absolute atomic E-state index is 12.1. The predicted molar refractivity (Wildman–Crippen MR) is 73.7 cm³/mol. The third kappa shape index (κ3) is 2.86. The van der Waals surface area contributed by atoms with Gasteiger partial charge in [-0.25, -0.2) is 13.6 Å². The van der Waals surface area contributed by atoms with Gasteiger partial charge in [-0.15, -0.1) is 0 Å². The topological polar surface area (TPSA) is 107 Å². The number of benzene rings is 1. The van der Waals surface area contributed by atoms with E-state index in [1.807, 2.05) is 0 Å². The van der Waals surface area contributed by atoms with Crippen molar-refractivity contribution in [1.29, 1.82) is 0 Å². The van der Waals surface area contributed by atoms with E-state index < -0.39 is 15.9 Å². The molecule has 1 aromatic carbocycles. The number of aryl methyl sites for hydroxylation is 2. The van der Waals surface area contributed by atoms with E-state index >= 15 is 0 Å². The van der Waals surface area contributed by atoms with Crippen molar-refractivity contribution in [3.63, 3.8) is 0 Å². The van der Waals surface area contributed by atoms with Gasteiger partial charge >= 0.3 is 0 Å². The maximum Gasteiger partial charge on any atom is 0.273 e. The van der Waals surface area contributed by atoms with Crippen LogP contribution in [0.25, 0.3) is 0 Å². The Balaban J connectivity index is 2.36. The van der Waals surface area contributed by atoms with Crippen molar-refractivity contribution < 1.29 is 13.2 Å². The number of nitrogens with zero attached hydrogens (tertiary/aromatic N) is 2. The second-order valence-electron chi connectivity index (χ2n) is 4.29. The summed E-state index contributed by atoms with van der Waals surface area (Å²) in [6, 6.07) is 7.55. The number of carbonyl (C=O) groups is 1. The molecule has 0 bridgehead atoms. The number of hydrogen-bond acceptors (Lipinski definition) is 4. The van der Waals surface area contributed by atoms with E-state index in [9.17, 15) is 13.2 Å². The lowest BCUT2D eigenvalue weighted by Crippen LogP contribution is -2.20. The van der Waals surface area contributed by atoms with Crippen LogP contribution in [0.3, 0.4) is 0 Å². The van der Waals surface area contributed by atoms with Gasteiger partial charge in [-0.05, 0) is 25.1 Å². The van der Waals surface area contributed by atoms with Crippen molar-refractivity contribution in [3.8, 4) is 0 Å². The zero-order valence-electron chi connectivity index (χ0n) is 11.0. The summed E-state index contributed by atoms with van der Waals surface area (Å²) in [5.74, 6) is -0.454. The molecule has 0 radical (unpaired) electrons. The monoisotopic (exact) mass is 294 g/mol. The molecule has 0 aliphatic carbocycles. The maximum atomic E-state index is 12.1. The normalized spacial score (nSPS) is 11.3. The first-order valence-electron chi connectivity index (χ1n) is 5.73. The van der Waals surface area contributed by atoms with E-state index in [1.165, 1.54) is 22.9 Å². The zero-order valence-corrected chi connectivity index (χ0v) is 11.8. The van der Waals surface area contributed by atoms with Crippen molar-refractivity contribution in [1.82, 2.24) is 9.78 Å². The average Bonchev–Trinajstić information content (AvgIpc) is 2.68. The van der Waals surface area contributed by atoms with Gasteiger partial charge in [0.2, 0.25) is 10.0 Å². The first-order chi connectivity index (χ1) is 9.29. The van der Waals surface area contributed by atoms with Crippen LogP contribution in [0.4, 0.5) is 5.69 Å². The van der Waals surface area contributed by atoms with Crippen LogP contribution in [0.2, 0.25) is 0 Å². The SMILES string of the molecule is Cc1cc(C(=O)Nc2ccccc2S(N)(=O)=O)n(C)n1. The largest absolute Gasteiger partial charge is 0.319 e. The van der Waals surface area contributed by atoms with E-state index in [-0.39, 0.29) is 10.6 Å². The van der Waals surface area contributed by atoms with E-state index in [0.29, 0.717) is 11.4 Å². The molecule has 2 rings (SSSR count). The molecule has 2 aromatic rings. The molecule has 1 amide bonds. The van der Waals surface area contributed by atoms with Gasteiger partial charge in [-0.1, -0.05) is 12.1 Å². The van der Waals surface area contributed by atoms with Gasteiger partial charge < -0.3 is 5.32 Å². The Morgan fingerprint density at radius 1 is 1.35 bits per heavy atom. The number of amides is 1. The summed E-state index contributed by atoms with van der Waals surface area (Å²) >= 11 is 0. The second-order valence-corrected chi connectivity index (χ2v) is 5.82. The van der Waals surface area contributed by atoms with Crippen molar-refractivity contribution in [3.05, 3.63) is 41.7 Å². The number of primary sulfonamides is 1. The lowest BCUT2D eigenvalue weighted by atomic mass is 10.3. The molecule has 0 fully saturated rings. The number of sulfonamides is 1. The van der Waals surface area contributed by atoms with Crippen LogP contribution in [0.1, 0.15) is 16.2 Å². The Bertz CT molecular complexity index is 765. The smallest absolute Gasteiger partial charge is 0.273 e. The van der Waals surface area contributed by atoms with E-state index in [0.717, 1.165) is 0 Å². The minimum absolute atomic E-state index is 0.132. The van der Waals surface area contributed by atoms with Gasteiger partial charge in [0.15, 0.2) is 0 Å². The third-order valence-electron chi connectivity index (χ3n) is 2.68. The molecule has 0 saturated heterocycles. The van der Waals surface area contributed by atoms with Crippen molar-refractivity contribution in [2.24, 2.45) is 12.2 Å². The summed E-state index contributed by atoms with van der Waals surface area (Å²) in [6.45, 7) is 1.76. The molecule has 20 heavy (non-hydrogen) atoms. The number of nitrogens with two attached hydrogens (primary N) is 1. The highest BCUT2D eigenvalue weighted by atomic mass is 32.2. The zero-order chi connectivity index (χ0) is 14.9. The Morgan fingerprint density at radius 2 is 2.00 bits per heavy atom. The second kappa shape index (κ2) is 5.06. The Hall–Kier alpha value is -2.19. The first-order valence-corrected chi connectivity index (χ1v) is 7.27. The number of rotatable bonds is 3. The molecule has 0 aliphatic rings. The van der Waals surface area contributed by atoms with Crippen molar-refractivity contribution >= 4 is 21.6 Å². The van der Waals surface area contributed by atoms with Gasteiger partial charge in [0.1, 0.15) is 10.6 Å². The van der Waals surface area contributed by atoms with Gasteiger partial charge in [0.05, 0.1) is 11.4 Å². The molecular formula is C12H14N4O3S. The molecule has 1 heterocycles. The van der Waals surface area contributed by atoms with Crippen LogP contribution >= 0.6 is 0 Å². The minimum atomic E-state index is -3.90. The Morgan fingerprint density at radius 3 is 2.55 bits per heavy atom. The molecule has 0 atom stereocenters. The Labute approximate surface area is 116 Å². The molecule has 0 aliphatic heterocycles. The molecule has 106 valence electrons. The summed E-state index contributed by atoms with van der Waals surface area (Å²) in [5.41, 5.74) is 1.16. The first kappa shape index (κ1) is 14.2. The number of nitrogens with one attached hydrogen (secondary N) is 1. The van der Waals surface area contributed by atoms with Crippen LogP contribution < -0.4 is 10.5 Å². The molecule has 7 nitrogen and oxygen atoms in total. The highest BCUT2D eigenvalue weighted by Gasteiger charge is 2.17. The lowest BCUT2D eigenvalue weighted by molar-refractivity contribution is 0.101. The van der Waals surface area contributed by atoms with Crippen LogP contribution in [0.5, 0.6) is 0 Å². The average molecular weight is 294 g/mol. The van der Waals surface area contributed by atoms with Crippen LogP contribution in [-0.2, 0) is 17.1 Å². The quantitative estimate of drug-likeness (QED) is 0.865. The highest BCUT2D eigenvalue weighted by molar-refractivity contribution is 7.89. The summed E-state index contributed by atoms with van der Waals surface area (Å²) in [4.78, 5) is 12.0. The summed E-state index contributed by atoms with van der Waals surface area (Å²) < 4.78 is 24.3. The number of anilines is 1. The van der Waals surface area contributed by atoms with Gasteiger partial charge in [0.25, 0.3) is 5.91 Å². The fourth-order valence-corrected chi connectivity index (χ4v) is 2.52. The minimum Gasteiger partial charge on any atom is -0.319 e. The molecule has 0 spiro atoms. The predicted octanol–water partition coefficient (Wildman–Crippen LogP) is 0.628. The van der Waals surface area contributed by atoms with Crippen LogP contribution in [0, 0.1) is 6.92 Å². The molecule has 3 N–H and O–H groups in total. The van der Waals surface area contributed by atoms with Crippen molar-refractivity contribution in [2.75, 3.05) is 5.32 Å². The van der Waals surface area contributed by atoms with Crippen LogP contribution in [0.15, 0.2) is 35.2 Å². The van der Waals surface area contributed by atoms with Crippen LogP contribution in [-0.4, -0.2) is 24.1 Å². The van der Waals surface area contributed by atoms with E-state index in [2.05, 4.69) is 10.4 Å². The fraction of sp³-hybridized carbons (Fsp3) is 0.167. The van der Waals surface area contributed by atoms with E-state index in [1.54, 1.807) is 26.1 Å². The van der Waals surface area contributed by atoms with Gasteiger partial charge in [0, 0.05) is 7.05 Å². The third-order valence-corrected chi connectivity index (χ3v) is 3.65. The number of carbonyl (C=O) groups excluding carboxylic acids is 1. The molecular weight excluding hydrogens is 280 g/mol. The number of para-hydroxylation sites is 1. The molecule has 8 heteroatoms. The molecule has 1 aromatic heterocycles. The highest BCUT2D eigenvalue weighted by Crippen LogP contribution is 2.20. The number of aromatic nitrogens is 2. The summed E-state index contributed by atoms with van der Waals surface area (Å²) in [7, 11) is -2.27. The molecule has 0 saturated carbocycles. The standard InChI is InChI=1S/C12H14N4O3S/c1-8-7-10(16(2)15-8)12(17)14-9-5-3-4-6-11(9)20(13,18)19/h3-7H,1-2H3,(H,14,17)(H2,13,18,19). The Kier molecular flexibility index (Phi) is 3.60. The fourth-order valence-electron chi connectivity index (χ4n) is 1.83. The molecule has 0 unspecified atom stereocenters. The van der Waals surface area contributed by atoms with Gasteiger partial charge in [-0.2, -0.15) is 5.10 Å². The van der Waals surface area contributed by atoms with E-state index in [4.69, 9.17) is 5.14 Å². The lowest BCUT2D eigenvalue weighted by Gasteiger charge is -2.09.